The molecule has 10 heteroatoms. The number of amides is 1. The Labute approximate surface area is 200 Å². The molecule has 0 bridgehead atoms. The zero-order chi connectivity index (χ0) is 22.4. The van der Waals surface area contributed by atoms with E-state index >= 15 is 0 Å². The minimum atomic E-state index is -0.269. The molecule has 4 aromatic rings. The number of aromatic nitrogens is 4. The van der Waals surface area contributed by atoms with Crippen LogP contribution in [0, 0.1) is 6.92 Å². The Hall–Kier alpha value is -2.62. The Morgan fingerprint density at radius 3 is 2.81 bits per heavy atom. The van der Waals surface area contributed by atoms with Crippen molar-refractivity contribution in [2.24, 2.45) is 0 Å². The van der Waals surface area contributed by atoms with Gasteiger partial charge in [-0.3, -0.25) is 14.2 Å². The Bertz CT molecular complexity index is 1420. The van der Waals surface area contributed by atoms with Crippen LogP contribution in [-0.4, -0.2) is 31.0 Å². The molecule has 0 radical (unpaired) electrons. The number of nitrogens with zero attached hydrogens (tertiary/aromatic N) is 4. The van der Waals surface area contributed by atoms with Crippen LogP contribution in [0.25, 0.3) is 16.7 Å². The number of anilines is 1. The fourth-order valence-corrected chi connectivity index (χ4v) is 5.20. The first-order valence-electron chi connectivity index (χ1n) is 9.86. The van der Waals surface area contributed by atoms with Crippen LogP contribution in [0.5, 0.6) is 0 Å². The number of hydrogen-bond acceptors (Lipinski definition) is 5. The van der Waals surface area contributed by atoms with Crippen LogP contribution < -0.4 is 10.9 Å². The van der Waals surface area contributed by atoms with Crippen LogP contribution in [-0.2, 0) is 4.79 Å². The largest absolute Gasteiger partial charge is 0.326 e. The van der Waals surface area contributed by atoms with Crippen molar-refractivity contribution in [2.45, 2.75) is 24.5 Å². The quantitative estimate of drug-likeness (QED) is 0.376. The van der Waals surface area contributed by atoms with Crippen molar-refractivity contribution in [3.63, 3.8) is 0 Å². The van der Waals surface area contributed by atoms with Crippen LogP contribution >= 0.6 is 39.3 Å². The first-order valence-corrected chi connectivity index (χ1v) is 12.0. The van der Waals surface area contributed by atoms with Crippen LogP contribution in [0.1, 0.15) is 18.0 Å². The van der Waals surface area contributed by atoms with Crippen LogP contribution in [0.3, 0.4) is 0 Å². The van der Waals surface area contributed by atoms with Gasteiger partial charge in [-0.2, -0.15) is 5.10 Å². The Morgan fingerprint density at radius 1 is 1.28 bits per heavy atom. The molecule has 0 saturated heterocycles. The predicted molar refractivity (Wildman–Crippen MR) is 130 cm³/mol. The van der Waals surface area contributed by atoms with Gasteiger partial charge >= 0.3 is 0 Å². The molecule has 0 spiro atoms. The van der Waals surface area contributed by atoms with Crippen LogP contribution in [0.2, 0.25) is 5.02 Å². The van der Waals surface area contributed by atoms with E-state index in [1.807, 2.05) is 37.3 Å². The second-order valence-electron chi connectivity index (χ2n) is 7.52. The summed E-state index contributed by atoms with van der Waals surface area (Å²) in [6.45, 7) is 1.96. The lowest BCUT2D eigenvalue weighted by atomic mass is 10.2. The van der Waals surface area contributed by atoms with Crippen molar-refractivity contribution < 1.29 is 4.79 Å². The predicted octanol–water partition coefficient (Wildman–Crippen LogP) is 4.98. The second-order valence-corrected chi connectivity index (χ2v) is 9.80. The number of carbonyl (C=O) groups excluding carboxylic acids is 1. The molecule has 3 heterocycles. The normalized spacial score (nSPS) is 15.2. The highest BCUT2D eigenvalue weighted by Crippen LogP contribution is 2.33. The van der Waals surface area contributed by atoms with Gasteiger partial charge in [-0.25, -0.2) is 9.67 Å². The third-order valence-corrected chi connectivity index (χ3v) is 7.54. The highest BCUT2D eigenvalue weighted by molar-refractivity contribution is 9.10. The standard InChI is InChI=1S/C22H17BrClN5O2S/c1-12-8-14(4-7-18(12)23)26-19(30)9-16-11-32-22-27-20-17(21(31)28(16)22)10-25-29(20)15-5-2-13(24)3-6-15/h2-8,10,16H,9,11H2,1H3,(H,26,30). The number of hydrogen-bond donors (Lipinski definition) is 1. The van der Waals surface area contributed by atoms with Gasteiger partial charge in [0.25, 0.3) is 5.56 Å². The third-order valence-electron chi connectivity index (χ3n) is 5.30. The Morgan fingerprint density at radius 2 is 2.06 bits per heavy atom. The van der Waals surface area contributed by atoms with Gasteiger partial charge in [-0.1, -0.05) is 39.3 Å². The number of fused-ring (bicyclic) bond motifs is 2. The van der Waals surface area contributed by atoms with Crippen molar-refractivity contribution in [2.75, 3.05) is 11.1 Å². The summed E-state index contributed by atoms with van der Waals surface area (Å²) in [6.07, 6.45) is 1.71. The Balaban J connectivity index is 1.43. The molecule has 5 rings (SSSR count). The topological polar surface area (TPSA) is 81.8 Å². The maximum Gasteiger partial charge on any atom is 0.265 e. The summed E-state index contributed by atoms with van der Waals surface area (Å²) in [5.41, 5.74) is 2.83. The summed E-state index contributed by atoms with van der Waals surface area (Å²) in [7, 11) is 0. The fraction of sp³-hybridized carbons (Fsp3) is 0.182. The summed E-state index contributed by atoms with van der Waals surface area (Å²) in [4.78, 5) is 30.6. The monoisotopic (exact) mass is 529 g/mol. The summed E-state index contributed by atoms with van der Waals surface area (Å²) in [6, 6.07) is 12.6. The summed E-state index contributed by atoms with van der Waals surface area (Å²) >= 11 is 10.9. The first kappa shape index (κ1) is 21.2. The zero-order valence-electron chi connectivity index (χ0n) is 16.9. The number of halogens is 2. The molecule has 162 valence electrons. The highest BCUT2D eigenvalue weighted by atomic mass is 79.9. The number of carbonyl (C=O) groups is 1. The SMILES string of the molecule is Cc1cc(NC(=O)CC2CSc3nc4c(cnn4-c4ccc(Cl)cc4)c(=O)n32)ccc1Br. The molecule has 1 aliphatic rings. The molecule has 0 aliphatic carbocycles. The average Bonchev–Trinajstić information content (AvgIpc) is 3.36. The average molecular weight is 531 g/mol. The molecule has 1 N–H and O–H groups in total. The second kappa shape index (κ2) is 8.38. The Kier molecular flexibility index (Phi) is 5.56. The molecule has 2 aromatic heterocycles. The van der Waals surface area contributed by atoms with Crippen molar-refractivity contribution in [3.05, 3.63) is 74.1 Å². The molecule has 7 nitrogen and oxygen atoms in total. The summed E-state index contributed by atoms with van der Waals surface area (Å²) < 4.78 is 4.23. The summed E-state index contributed by atoms with van der Waals surface area (Å²) in [5, 5.41) is 8.91. The third kappa shape index (κ3) is 3.85. The van der Waals surface area contributed by atoms with Gasteiger partial charge in [0.2, 0.25) is 5.91 Å². The van der Waals surface area contributed by atoms with E-state index in [2.05, 4.69) is 26.3 Å². The molecular weight excluding hydrogens is 514 g/mol. The van der Waals surface area contributed by atoms with E-state index in [9.17, 15) is 9.59 Å². The first-order chi connectivity index (χ1) is 15.4. The number of nitrogens with one attached hydrogen (secondary N) is 1. The molecule has 1 unspecified atom stereocenters. The zero-order valence-corrected chi connectivity index (χ0v) is 20.0. The van der Waals surface area contributed by atoms with Gasteiger partial charge in [0, 0.05) is 27.4 Å². The van der Waals surface area contributed by atoms with E-state index in [0.717, 1.165) is 21.4 Å². The molecule has 32 heavy (non-hydrogen) atoms. The van der Waals surface area contributed by atoms with Crippen molar-refractivity contribution in [1.29, 1.82) is 0 Å². The van der Waals surface area contributed by atoms with Crippen molar-refractivity contribution >= 4 is 61.9 Å². The van der Waals surface area contributed by atoms with E-state index in [-0.39, 0.29) is 23.9 Å². The lowest BCUT2D eigenvalue weighted by molar-refractivity contribution is -0.116. The lowest BCUT2D eigenvalue weighted by Gasteiger charge is -2.14. The van der Waals surface area contributed by atoms with E-state index < -0.39 is 0 Å². The number of rotatable bonds is 4. The molecule has 1 aliphatic heterocycles. The van der Waals surface area contributed by atoms with Gasteiger partial charge in [0.15, 0.2) is 10.8 Å². The molecule has 0 fully saturated rings. The van der Waals surface area contributed by atoms with Crippen molar-refractivity contribution in [1.82, 2.24) is 19.3 Å². The molecule has 0 saturated carbocycles. The van der Waals surface area contributed by atoms with Gasteiger partial charge in [0.1, 0.15) is 5.39 Å². The van der Waals surface area contributed by atoms with Crippen LogP contribution in [0.15, 0.2) is 63.1 Å². The van der Waals surface area contributed by atoms with E-state index in [4.69, 9.17) is 16.6 Å². The number of thioether (sulfide) groups is 1. The number of aryl methyl sites for hydroxylation is 1. The molecular formula is C22H17BrClN5O2S. The lowest BCUT2D eigenvalue weighted by Crippen LogP contribution is -2.27. The fourth-order valence-electron chi connectivity index (χ4n) is 3.70. The van der Waals surface area contributed by atoms with Gasteiger partial charge in [-0.05, 0) is 55.0 Å². The molecule has 1 atom stereocenters. The molecule has 1 amide bonds. The van der Waals surface area contributed by atoms with Crippen LogP contribution in [0.4, 0.5) is 5.69 Å². The van der Waals surface area contributed by atoms with E-state index in [1.54, 1.807) is 21.4 Å². The number of benzene rings is 2. The smallest absolute Gasteiger partial charge is 0.265 e. The maximum atomic E-state index is 13.2. The van der Waals surface area contributed by atoms with E-state index in [0.29, 0.717) is 27.0 Å². The summed E-state index contributed by atoms with van der Waals surface area (Å²) in [5.74, 6) is 0.463. The van der Waals surface area contributed by atoms with E-state index in [1.165, 1.54) is 18.0 Å². The van der Waals surface area contributed by atoms with Gasteiger partial charge < -0.3 is 5.32 Å². The van der Waals surface area contributed by atoms with Crippen molar-refractivity contribution in [3.8, 4) is 5.69 Å². The minimum absolute atomic E-state index is 0.144. The van der Waals surface area contributed by atoms with Gasteiger partial charge in [0.05, 0.1) is 17.9 Å². The highest BCUT2D eigenvalue weighted by Gasteiger charge is 2.29. The maximum absolute atomic E-state index is 13.2. The molecule has 2 aromatic carbocycles. The van der Waals surface area contributed by atoms with Gasteiger partial charge in [-0.15, -0.1) is 0 Å². The minimum Gasteiger partial charge on any atom is -0.326 e.